The summed E-state index contributed by atoms with van der Waals surface area (Å²) < 4.78 is 11.0. The summed E-state index contributed by atoms with van der Waals surface area (Å²) in [6.45, 7) is 5.67. The minimum Gasteiger partial charge on any atom is -0.479 e. The van der Waals surface area contributed by atoms with Gasteiger partial charge in [0.2, 0.25) is 5.89 Å². The number of ether oxygens (including phenoxy) is 1. The van der Waals surface area contributed by atoms with Gasteiger partial charge in [-0.3, -0.25) is 0 Å². The second-order valence-electron chi connectivity index (χ2n) is 6.84. The smallest absolute Gasteiger partial charge is 0.335 e. The monoisotopic (exact) mass is 345 g/mol. The summed E-state index contributed by atoms with van der Waals surface area (Å²) in [4.78, 5) is 15.5. The van der Waals surface area contributed by atoms with Gasteiger partial charge in [-0.1, -0.05) is 30.5 Å². The molecule has 2 aromatic rings. The number of aromatic nitrogens is 1. The molecule has 0 amide bonds. The number of unbranched alkanes of at least 4 members (excludes halogenated alkanes) is 3. The predicted molar refractivity (Wildman–Crippen MR) is 96.5 cm³/mol. The SMILES string of the molecule is Cc1cccc(-c2nc(CCCCCCOC(C)(C)C(=O)O)co2)c1. The third-order valence-corrected chi connectivity index (χ3v) is 4.12. The highest BCUT2D eigenvalue weighted by atomic mass is 16.5. The molecule has 0 unspecified atom stereocenters. The quantitative estimate of drug-likeness (QED) is 0.635. The molecule has 0 saturated heterocycles. The van der Waals surface area contributed by atoms with Gasteiger partial charge in [0.05, 0.1) is 5.69 Å². The van der Waals surface area contributed by atoms with E-state index < -0.39 is 11.6 Å². The van der Waals surface area contributed by atoms with E-state index in [4.69, 9.17) is 14.3 Å². The van der Waals surface area contributed by atoms with Crippen molar-refractivity contribution in [3.05, 3.63) is 41.8 Å². The number of carboxylic acid groups (broad SMARTS) is 1. The molecule has 2 rings (SSSR count). The molecule has 1 N–H and O–H groups in total. The Bertz CT molecular complexity index is 691. The lowest BCUT2D eigenvalue weighted by molar-refractivity contribution is -0.161. The molecule has 0 aliphatic heterocycles. The van der Waals surface area contributed by atoms with Gasteiger partial charge in [0.1, 0.15) is 6.26 Å². The van der Waals surface area contributed by atoms with Crippen LogP contribution in [-0.2, 0) is 16.0 Å². The highest BCUT2D eigenvalue weighted by Gasteiger charge is 2.27. The molecule has 5 nitrogen and oxygen atoms in total. The van der Waals surface area contributed by atoms with E-state index in [2.05, 4.69) is 24.0 Å². The van der Waals surface area contributed by atoms with Gasteiger partial charge in [-0.2, -0.15) is 0 Å². The largest absolute Gasteiger partial charge is 0.479 e. The number of hydrogen-bond donors (Lipinski definition) is 1. The first kappa shape index (κ1) is 19.2. The van der Waals surface area contributed by atoms with Crippen molar-refractivity contribution in [3.8, 4) is 11.5 Å². The summed E-state index contributed by atoms with van der Waals surface area (Å²) in [5.41, 5.74) is 2.06. The van der Waals surface area contributed by atoms with Crippen LogP contribution in [0.2, 0.25) is 0 Å². The van der Waals surface area contributed by atoms with Crippen LogP contribution in [0.4, 0.5) is 0 Å². The fourth-order valence-electron chi connectivity index (χ4n) is 2.48. The fourth-order valence-corrected chi connectivity index (χ4v) is 2.48. The van der Waals surface area contributed by atoms with Crippen molar-refractivity contribution in [3.63, 3.8) is 0 Å². The van der Waals surface area contributed by atoms with Crippen LogP contribution in [0.5, 0.6) is 0 Å². The zero-order valence-electron chi connectivity index (χ0n) is 15.2. The summed E-state index contributed by atoms with van der Waals surface area (Å²) in [5.74, 6) is -0.258. The summed E-state index contributed by atoms with van der Waals surface area (Å²) in [6, 6.07) is 8.12. The highest BCUT2D eigenvalue weighted by Crippen LogP contribution is 2.20. The summed E-state index contributed by atoms with van der Waals surface area (Å²) >= 11 is 0. The lowest BCUT2D eigenvalue weighted by atomic mass is 10.1. The van der Waals surface area contributed by atoms with Gasteiger partial charge in [0.25, 0.3) is 0 Å². The average molecular weight is 345 g/mol. The van der Waals surface area contributed by atoms with Crippen molar-refractivity contribution in [2.45, 2.75) is 58.5 Å². The van der Waals surface area contributed by atoms with E-state index in [-0.39, 0.29) is 0 Å². The van der Waals surface area contributed by atoms with E-state index in [1.165, 1.54) is 5.56 Å². The maximum atomic E-state index is 10.9. The molecular formula is C20H27NO4. The van der Waals surface area contributed by atoms with Crippen LogP contribution in [0.3, 0.4) is 0 Å². The number of aliphatic carboxylic acids is 1. The number of nitrogens with zero attached hydrogens (tertiary/aromatic N) is 1. The van der Waals surface area contributed by atoms with Crippen LogP contribution >= 0.6 is 0 Å². The molecule has 0 fully saturated rings. The number of rotatable bonds is 10. The zero-order chi connectivity index (χ0) is 18.3. The van der Waals surface area contributed by atoms with Crippen LogP contribution in [0.15, 0.2) is 34.9 Å². The lowest BCUT2D eigenvalue weighted by Gasteiger charge is -2.19. The van der Waals surface area contributed by atoms with Crippen molar-refractivity contribution in [1.82, 2.24) is 4.98 Å². The van der Waals surface area contributed by atoms with Crippen molar-refractivity contribution in [2.24, 2.45) is 0 Å². The van der Waals surface area contributed by atoms with Crippen LogP contribution in [-0.4, -0.2) is 28.3 Å². The van der Waals surface area contributed by atoms with Gasteiger partial charge in [-0.15, -0.1) is 0 Å². The maximum absolute atomic E-state index is 10.9. The topological polar surface area (TPSA) is 72.6 Å². The Kier molecular flexibility index (Phi) is 6.76. The molecule has 0 atom stereocenters. The predicted octanol–water partition coefficient (Wildman–Crippen LogP) is 4.63. The zero-order valence-corrected chi connectivity index (χ0v) is 15.2. The van der Waals surface area contributed by atoms with Crippen LogP contribution in [0, 0.1) is 6.92 Å². The Morgan fingerprint density at radius 1 is 1.24 bits per heavy atom. The molecule has 5 heteroatoms. The molecule has 136 valence electrons. The number of hydrogen-bond acceptors (Lipinski definition) is 4. The van der Waals surface area contributed by atoms with Crippen molar-refractivity contribution in [2.75, 3.05) is 6.61 Å². The van der Waals surface area contributed by atoms with Crippen LogP contribution in [0.25, 0.3) is 11.5 Å². The van der Waals surface area contributed by atoms with Crippen molar-refractivity contribution in [1.29, 1.82) is 0 Å². The molecular weight excluding hydrogens is 318 g/mol. The number of aryl methyl sites for hydroxylation is 2. The average Bonchev–Trinajstić information content (AvgIpc) is 3.02. The van der Waals surface area contributed by atoms with Crippen molar-refractivity contribution < 1.29 is 19.1 Å². The Morgan fingerprint density at radius 2 is 2.00 bits per heavy atom. The molecule has 0 aliphatic rings. The maximum Gasteiger partial charge on any atom is 0.335 e. The third-order valence-electron chi connectivity index (χ3n) is 4.12. The van der Waals surface area contributed by atoms with Gasteiger partial charge in [0.15, 0.2) is 5.60 Å². The number of carboxylic acids is 1. The first-order chi connectivity index (χ1) is 11.9. The number of carbonyl (C=O) groups is 1. The Labute approximate surface area is 149 Å². The Morgan fingerprint density at radius 3 is 2.72 bits per heavy atom. The van der Waals surface area contributed by atoms with Crippen molar-refractivity contribution >= 4 is 5.97 Å². The molecule has 0 aliphatic carbocycles. The highest BCUT2D eigenvalue weighted by molar-refractivity contribution is 5.76. The van der Waals surface area contributed by atoms with Gasteiger partial charge in [0, 0.05) is 12.2 Å². The minimum atomic E-state index is -1.10. The minimum absolute atomic E-state index is 0.473. The summed E-state index contributed by atoms with van der Waals surface area (Å²) in [7, 11) is 0. The summed E-state index contributed by atoms with van der Waals surface area (Å²) in [5, 5.41) is 8.97. The van der Waals surface area contributed by atoms with Crippen LogP contribution < -0.4 is 0 Å². The third kappa shape index (κ3) is 6.02. The molecule has 0 radical (unpaired) electrons. The first-order valence-corrected chi connectivity index (χ1v) is 8.77. The number of benzene rings is 1. The van der Waals surface area contributed by atoms with E-state index in [0.29, 0.717) is 12.5 Å². The van der Waals surface area contributed by atoms with E-state index in [1.807, 2.05) is 12.1 Å². The fraction of sp³-hybridized carbons (Fsp3) is 0.500. The molecule has 0 saturated carbocycles. The first-order valence-electron chi connectivity index (χ1n) is 8.77. The van der Waals surface area contributed by atoms with Gasteiger partial charge >= 0.3 is 5.97 Å². The van der Waals surface area contributed by atoms with Crippen LogP contribution in [0.1, 0.15) is 50.8 Å². The Balaban J connectivity index is 1.65. The molecule has 0 spiro atoms. The van der Waals surface area contributed by atoms with Gasteiger partial charge < -0.3 is 14.3 Å². The van der Waals surface area contributed by atoms with E-state index in [1.54, 1.807) is 20.1 Å². The Hall–Kier alpha value is -2.14. The van der Waals surface area contributed by atoms with Gasteiger partial charge in [-0.05, 0) is 52.2 Å². The van der Waals surface area contributed by atoms with E-state index >= 15 is 0 Å². The molecule has 1 heterocycles. The van der Waals surface area contributed by atoms with Gasteiger partial charge in [-0.25, -0.2) is 9.78 Å². The standard InChI is InChI=1S/C20H27NO4/c1-15-9-8-10-16(13-15)18-21-17(14-24-18)11-6-4-5-7-12-25-20(2,3)19(22)23/h8-10,13-14H,4-7,11-12H2,1-3H3,(H,22,23). The molecule has 1 aromatic heterocycles. The second kappa shape index (κ2) is 8.81. The number of oxazole rings is 1. The molecule has 1 aromatic carbocycles. The lowest BCUT2D eigenvalue weighted by Crippen LogP contribution is -2.35. The normalized spacial score (nSPS) is 11.6. The van der Waals surface area contributed by atoms with E-state index in [0.717, 1.165) is 43.4 Å². The summed E-state index contributed by atoms with van der Waals surface area (Å²) in [6.07, 6.45) is 6.58. The molecule has 0 bridgehead atoms. The van der Waals surface area contributed by atoms with E-state index in [9.17, 15) is 4.79 Å². The second-order valence-corrected chi connectivity index (χ2v) is 6.84. The molecule has 25 heavy (non-hydrogen) atoms.